The summed E-state index contributed by atoms with van der Waals surface area (Å²) < 4.78 is 4.99. The Morgan fingerprint density at radius 3 is 2.73 bits per heavy atom. The Morgan fingerprint density at radius 2 is 2.27 bits per heavy atom. The Morgan fingerprint density at radius 1 is 1.55 bits per heavy atom. The zero-order chi connectivity index (χ0) is 8.27. The summed E-state index contributed by atoms with van der Waals surface area (Å²) >= 11 is 0. The smallest absolute Gasteiger partial charge is 0.128 e. The first kappa shape index (κ1) is 7.83. The molecule has 0 heterocycles. The van der Waals surface area contributed by atoms with Gasteiger partial charge in [0.1, 0.15) is 11.7 Å². The van der Waals surface area contributed by atoms with Crippen molar-refractivity contribution in [3.8, 4) is 0 Å². The molecule has 0 aromatic carbocycles. The number of allylic oxidation sites excluding steroid dienone is 4. The van der Waals surface area contributed by atoms with Crippen molar-refractivity contribution >= 4 is 5.94 Å². The van der Waals surface area contributed by atoms with Crippen LogP contribution in [0.3, 0.4) is 0 Å². The second-order valence-electron chi connectivity index (χ2n) is 2.45. The molecule has 0 saturated heterocycles. The van der Waals surface area contributed by atoms with Gasteiger partial charge in [-0.1, -0.05) is 6.92 Å². The lowest BCUT2D eigenvalue weighted by Gasteiger charge is -2.11. The van der Waals surface area contributed by atoms with Crippen LogP contribution in [0.25, 0.3) is 0 Å². The Labute approximate surface area is 65.9 Å². The minimum absolute atomic E-state index is 0.118. The number of hydrogen-bond donors (Lipinski definition) is 0. The number of ether oxygens (including phenoxy) is 1. The van der Waals surface area contributed by atoms with Crippen molar-refractivity contribution in [1.82, 2.24) is 0 Å². The standard InChI is InChI=1S/C9H10O2/c1-7-5-9(11-2)4-3-8(7)6-10/h3-5,7H,1-2H3. The van der Waals surface area contributed by atoms with E-state index in [1.165, 1.54) is 0 Å². The molecule has 1 aliphatic carbocycles. The molecule has 0 bridgehead atoms. The van der Waals surface area contributed by atoms with Gasteiger partial charge in [-0.2, -0.15) is 0 Å². The van der Waals surface area contributed by atoms with Crippen molar-refractivity contribution < 1.29 is 9.53 Å². The van der Waals surface area contributed by atoms with Crippen molar-refractivity contribution in [3.05, 3.63) is 29.6 Å². The van der Waals surface area contributed by atoms with Crippen LogP contribution in [0.5, 0.6) is 0 Å². The molecule has 0 N–H and O–H groups in total. The van der Waals surface area contributed by atoms with Crippen molar-refractivity contribution in [2.24, 2.45) is 5.92 Å². The highest BCUT2D eigenvalue weighted by molar-refractivity contribution is 5.60. The first-order valence-electron chi connectivity index (χ1n) is 3.47. The molecule has 0 spiro atoms. The molecule has 1 atom stereocenters. The van der Waals surface area contributed by atoms with Gasteiger partial charge in [0.05, 0.1) is 7.11 Å². The third kappa shape index (κ3) is 1.60. The predicted molar refractivity (Wildman–Crippen MR) is 42.6 cm³/mol. The maximum Gasteiger partial charge on any atom is 0.128 e. The highest BCUT2D eigenvalue weighted by Crippen LogP contribution is 2.19. The van der Waals surface area contributed by atoms with Gasteiger partial charge in [-0.15, -0.1) is 0 Å². The van der Waals surface area contributed by atoms with E-state index in [2.05, 4.69) is 0 Å². The number of carbonyl (C=O) groups excluding carboxylic acids is 1. The van der Waals surface area contributed by atoms with Gasteiger partial charge in [0.2, 0.25) is 0 Å². The molecule has 0 saturated carbocycles. The van der Waals surface area contributed by atoms with E-state index in [4.69, 9.17) is 4.74 Å². The summed E-state index contributed by atoms with van der Waals surface area (Å²) in [5.74, 6) is 2.80. The Bertz CT molecular complexity index is 255. The first-order valence-corrected chi connectivity index (χ1v) is 3.47. The van der Waals surface area contributed by atoms with Crippen molar-refractivity contribution in [1.29, 1.82) is 0 Å². The number of hydrogen-bond acceptors (Lipinski definition) is 2. The minimum Gasteiger partial charge on any atom is -0.497 e. The van der Waals surface area contributed by atoms with Crippen LogP contribution in [0, 0.1) is 5.92 Å². The lowest BCUT2D eigenvalue weighted by atomic mass is 9.97. The summed E-state index contributed by atoms with van der Waals surface area (Å²) in [7, 11) is 1.61. The molecular formula is C9H10O2. The highest BCUT2D eigenvalue weighted by atomic mass is 16.5. The molecule has 0 aromatic rings. The Balaban J connectivity index is 2.87. The Hall–Kier alpha value is -1.27. The van der Waals surface area contributed by atoms with Gasteiger partial charge in [0, 0.05) is 11.5 Å². The van der Waals surface area contributed by atoms with Crippen LogP contribution in [0.15, 0.2) is 29.6 Å². The van der Waals surface area contributed by atoms with Crippen LogP contribution in [-0.2, 0) is 9.53 Å². The summed E-state index contributed by atoms with van der Waals surface area (Å²) in [6.07, 6.45) is 5.39. The maximum absolute atomic E-state index is 10.3. The van der Waals surface area contributed by atoms with Gasteiger partial charge in [-0.3, -0.25) is 0 Å². The van der Waals surface area contributed by atoms with E-state index in [1.807, 2.05) is 18.9 Å². The van der Waals surface area contributed by atoms with E-state index in [1.54, 1.807) is 19.3 Å². The molecule has 1 aliphatic rings. The topological polar surface area (TPSA) is 26.3 Å². The van der Waals surface area contributed by atoms with Crippen LogP contribution in [0.2, 0.25) is 0 Å². The van der Waals surface area contributed by atoms with E-state index in [0.717, 1.165) is 5.76 Å². The largest absolute Gasteiger partial charge is 0.497 e. The van der Waals surface area contributed by atoms with Crippen LogP contribution in [0.4, 0.5) is 0 Å². The van der Waals surface area contributed by atoms with Gasteiger partial charge >= 0.3 is 0 Å². The summed E-state index contributed by atoms with van der Waals surface area (Å²) in [5, 5.41) is 0. The fourth-order valence-corrected chi connectivity index (χ4v) is 0.978. The lowest BCUT2D eigenvalue weighted by molar-refractivity contribution is 0.302. The molecule has 0 fully saturated rings. The summed E-state index contributed by atoms with van der Waals surface area (Å²) in [4.78, 5) is 10.3. The van der Waals surface area contributed by atoms with E-state index >= 15 is 0 Å². The number of methoxy groups -OCH3 is 1. The number of rotatable bonds is 1. The maximum atomic E-state index is 10.3. The molecule has 2 nitrogen and oxygen atoms in total. The van der Waals surface area contributed by atoms with E-state index in [9.17, 15) is 4.79 Å². The molecule has 58 valence electrons. The SMILES string of the molecule is COC1=CC(C)C(=C=O)C=C1. The molecule has 2 heteroatoms. The van der Waals surface area contributed by atoms with Crippen molar-refractivity contribution in [2.45, 2.75) is 6.92 Å². The molecule has 1 rings (SSSR count). The minimum atomic E-state index is 0.118. The first-order chi connectivity index (χ1) is 5.27. The molecule has 0 aliphatic heterocycles. The predicted octanol–water partition coefficient (Wildman–Crippen LogP) is 1.48. The van der Waals surface area contributed by atoms with Gasteiger partial charge in [0.25, 0.3) is 0 Å². The molecule has 0 aromatic heterocycles. The van der Waals surface area contributed by atoms with Crippen molar-refractivity contribution in [3.63, 3.8) is 0 Å². The zero-order valence-electron chi connectivity index (χ0n) is 6.63. The average molecular weight is 150 g/mol. The van der Waals surface area contributed by atoms with Gasteiger partial charge in [0.15, 0.2) is 0 Å². The normalized spacial score (nSPS) is 22.5. The average Bonchev–Trinajstić information content (AvgIpc) is 2.04. The van der Waals surface area contributed by atoms with Gasteiger partial charge < -0.3 is 4.74 Å². The molecule has 0 amide bonds. The van der Waals surface area contributed by atoms with E-state index in [0.29, 0.717) is 5.57 Å². The van der Waals surface area contributed by atoms with Gasteiger partial charge in [-0.25, -0.2) is 4.79 Å². The van der Waals surface area contributed by atoms with Gasteiger partial charge in [-0.05, 0) is 18.2 Å². The second-order valence-corrected chi connectivity index (χ2v) is 2.45. The fraction of sp³-hybridized carbons (Fsp3) is 0.333. The molecule has 1 unspecified atom stereocenters. The fourth-order valence-electron chi connectivity index (χ4n) is 0.978. The quantitative estimate of drug-likeness (QED) is 0.529. The second kappa shape index (κ2) is 3.22. The molecule has 11 heavy (non-hydrogen) atoms. The van der Waals surface area contributed by atoms with E-state index < -0.39 is 0 Å². The summed E-state index contributed by atoms with van der Waals surface area (Å²) in [5.41, 5.74) is 0.672. The van der Waals surface area contributed by atoms with Crippen LogP contribution >= 0.6 is 0 Å². The lowest BCUT2D eigenvalue weighted by Crippen LogP contribution is -2.01. The summed E-state index contributed by atoms with van der Waals surface area (Å²) in [6, 6.07) is 0. The van der Waals surface area contributed by atoms with Crippen LogP contribution < -0.4 is 0 Å². The van der Waals surface area contributed by atoms with Crippen LogP contribution in [0.1, 0.15) is 6.92 Å². The third-order valence-electron chi connectivity index (χ3n) is 1.69. The van der Waals surface area contributed by atoms with Crippen molar-refractivity contribution in [2.75, 3.05) is 7.11 Å². The van der Waals surface area contributed by atoms with E-state index in [-0.39, 0.29) is 5.92 Å². The highest BCUT2D eigenvalue weighted by Gasteiger charge is 2.09. The van der Waals surface area contributed by atoms with Crippen LogP contribution in [-0.4, -0.2) is 13.1 Å². The summed E-state index contributed by atoms with van der Waals surface area (Å²) in [6.45, 7) is 1.93. The molecular weight excluding hydrogens is 140 g/mol. The monoisotopic (exact) mass is 150 g/mol. The Kier molecular flexibility index (Phi) is 2.29. The molecule has 0 radical (unpaired) electrons. The zero-order valence-corrected chi connectivity index (χ0v) is 6.63. The third-order valence-corrected chi connectivity index (χ3v) is 1.69.